The maximum atomic E-state index is 12.9. The summed E-state index contributed by atoms with van der Waals surface area (Å²) < 4.78 is 0. The molecule has 2 aromatic carbocycles. The molecule has 6 heteroatoms. The minimum Gasteiger partial charge on any atom is -0.343 e. The monoisotopic (exact) mass is 392 g/mol. The van der Waals surface area contributed by atoms with Crippen LogP contribution in [0, 0.1) is 0 Å². The van der Waals surface area contributed by atoms with Gasteiger partial charge in [0, 0.05) is 39.3 Å². The number of anilines is 1. The molecule has 0 aromatic heterocycles. The van der Waals surface area contributed by atoms with E-state index in [4.69, 9.17) is 0 Å². The number of amides is 2. The summed E-state index contributed by atoms with van der Waals surface area (Å²) in [5, 5.41) is 4.09. The van der Waals surface area contributed by atoms with Crippen molar-refractivity contribution in [2.75, 3.05) is 44.3 Å². The van der Waals surface area contributed by atoms with Gasteiger partial charge in [0.1, 0.15) is 0 Å². The topological polar surface area (TPSA) is 47.1 Å². The SMILES string of the molecule is O=CN1CCN(CCCN2C(=O)CC(c3ccccc3)N2c2ccccc2)CC1. The van der Waals surface area contributed by atoms with Crippen LogP contribution in [0.3, 0.4) is 0 Å². The maximum Gasteiger partial charge on any atom is 0.243 e. The number of hydrogen-bond donors (Lipinski definition) is 0. The van der Waals surface area contributed by atoms with Crippen LogP contribution in [-0.4, -0.2) is 66.4 Å². The summed E-state index contributed by atoms with van der Waals surface area (Å²) in [5.74, 6) is 0.175. The van der Waals surface area contributed by atoms with Gasteiger partial charge < -0.3 is 4.90 Å². The van der Waals surface area contributed by atoms with E-state index in [1.165, 1.54) is 0 Å². The van der Waals surface area contributed by atoms with Crippen LogP contribution in [0.15, 0.2) is 60.7 Å². The van der Waals surface area contributed by atoms with Crippen LogP contribution in [0.1, 0.15) is 24.4 Å². The largest absolute Gasteiger partial charge is 0.343 e. The van der Waals surface area contributed by atoms with Crippen LogP contribution >= 0.6 is 0 Å². The second-order valence-electron chi connectivity index (χ2n) is 7.66. The molecule has 2 amide bonds. The Bertz CT molecular complexity index is 806. The number of piperazine rings is 1. The summed E-state index contributed by atoms with van der Waals surface area (Å²) in [5.41, 5.74) is 2.21. The zero-order valence-corrected chi connectivity index (χ0v) is 16.7. The first kappa shape index (κ1) is 19.5. The first-order valence-electron chi connectivity index (χ1n) is 10.4. The first-order chi connectivity index (χ1) is 14.3. The number of rotatable bonds is 7. The standard InChI is InChI=1S/C23H28N4O2/c28-19-25-16-14-24(15-17-25)12-7-13-26-23(29)18-22(20-8-3-1-4-9-20)27(26)21-10-5-2-6-11-21/h1-6,8-11,19,22H,7,12-18H2. The van der Waals surface area contributed by atoms with E-state index in [9.17, 15) is 9.59 Å². The van der Waals surface area contributed by atoms with E-state index >= 15 is 0 Å². The molecular weight excluding hydrogens is 364 g/mol. The molecule has 0 aliphatic carbocycles. The minimum atomic E-state index is 0.0298. The number of carbonyl (C=O) groups is 2. The van der Waals surface area contributed by atoms with Crippen LogP contribution in [0.5, 0.6) is 0 Å². The van der Waals surface area contributed by atoms with Gasteiger partial charge in [-0.1, -0.05) is 48.5 Å². The summed E-state index contributed by atoms with van der Waals surface area (Å²) in [6.45, 7) is 5.03. The minimum absolute atomic E-state index is 0.0298. The summed E-state index contributed by atoms with van der Waals surface area (Å²) in [4.78, 5) is 28.0. The Hall–Kier alpha value is -2.86. The van der Waals surface area contributed by atoms with Gasteiger partial charge in [-0.3, -0.25) is 24.5 Å². The van der Waals surface area contributed by atoms with E-state index in [0.717, 1.165) is 56.8 Å². The van der Waals surface area contributed by atoms with Crippen LogP contribution < -0.4 is 5.01 Å². The first-order valence-corrected chi connectivity index (χ1v) is 10.4. The lowest BCUT2D eigenvalue weighted by Crippen LogP contribution is -2.47. The third-order valence-electron chi connectivity index (χ3n) is 5.82. The van der Waals surface area contributed by atoms with E-state index in [0.29, 0.717) is 13.0 Å². The Kier molecular flexibility index (Phi) is 6.10. The number of hydrogen-bond acceptors (Lipinski definition) is 4. The summed E-state index contributed by atoms with van der Waals surface area (Å²) >= 11 is 0. The second kappa shape index (κ2) is 9.09. The number of nitrogens with zero attached hydrogens (tertiary/aromatic N) is 4. The van der Waals surface area contributed by atoms with E-state index in [1.807, 2.05) is 46.3 Å². The van der Waals surface area contributed by atoms with Crippen molar-refractivity contribution in [2.24, 2.45) is 0 Å². The van der Waals surface area contributed by atoms with Crippen LogP contribution in [0.2, 0.25) is 0 Å². The lowest BCUT2D eigenvalue weighted by Gasteiger charge is -2.36. The third-order valence-corrected chi connectivity index (χ3v) is 5.82. The van der Waals surface area contributed by atoms with Crippen molar-refractivity contribution in [2.45, 2.75) is 18.9 Å². The van der Waals surface area contributed by atoms with Gasteiger partial charge in [0.15, 0.2) is 0 Å². The van der Waals surface area contributed by atoms with E-state index in [2.05, 4.69) is 34.2 Å². The molecule has 6 nitrogen and oxygen atoms in total. The van der Waals surface area contributed by atoms with Gasteiger partial charge >= 0.3 is 0 Å². The molecule has 0 saturated carbocycles. The lowest BCUT2D eigenvalue weighted by atomic mass is 10.0. The number of carbonyl (C=O) groups excluding carboxylic acids is 2. The Morgan fingerprint density at radius 3 is 2.17 bits per heavy atom. The fraction of sp³-hybridized carbons (Fsp3) is 0.391. The van der Waals surface area contributed by atoms with Gasteiger partial charge in [-0.15, -0.1) is 0 Å². The quantitative estimate of drug-likeness (QED) is 0.680. The molecule has 29 heavy (non-hydrogen) atoms. The number of benzene rings is 2. The van der Waals surface area contributed by atoms with Crippen molar-refractivity contribution in [3.63, 3.8) is 0 Å². The van der Waals surface area contributed by atoms with E-state index in [-0.39, 0.29) is 11.9 Å². The molecule has 4 rings (SSSR count). The third kappa shape index (κ3) is 4.43. The van der Waals surface area contributed by atoms with Gasteiger partial charge in [0.2, 0.25) is 12.3 Å². The van der Waals surface area contributed by atoms with Gasteiger partial charge in [-0.05, 0) is 24.1 Å². The number of hydrazine groups is 1. The van der Waals surface area contributed by atoms with Crippen molar-refractivity contribution in [3.05, 3.63) is 66.2 Å². The highest BCUT2D eigenvalue weighted by molar-refractivity contribution is 5.83. The molecule has 2 saturated heterocycles. The van der Waals surface area contributed by atoms with Gasteiger partial charge in [-0.2, -0.15) is 0 Å². The zero-order valence-electron chi connectivity index (χ0n) is 16.7. The second-order valence-corrected chi connectivity index (χ2v) is 7.66. The average molecular weight is 393 g/mol. The molecular formula is C23H28N4O2. The fourth-order valence-corrected chi connectivity index (χ4v) is 4.25. The van der Waals surface area contributed by atoms with E-state index in [1.54, 1.807) is 0 Å². The van der Waals surface area contributed by atoms with Gasteiger partial charge in [0.05, 0.1) is 18.2 Å². The average Bonchev–Trinajstić information content (AvgIpc) is 3.12. The van der Waals surface area contributed by atoms with Gasteiger partial charge in [0.25, 0.3) is 0 Å². The van der Waals surface area contributed by atoms with Gasteiger partial charge in [-0.25, -0.2) is 0 Å². The Balaban J connectivity index is 1.45. The molecule has 1 atom stereocenters. The van der Waals surface area contributed by atoms with Crippen LogP contribution in [-0.2, 0) is 9.59 Å². The molecule has 2 aliphatic rings. The smallest absolute Gasteiger partial charge is 0.243 e. The van der Waals surface area contributed by atoms with Crippen LogP contribution in [0.4, 0.5) is 5.69 Å². The predicted octanol–water partition coefficient (Wildman–Crippen LogP) is 2.55. The van der Waals surface area contributed by atoms with Crippen molar-refractivity contribution in [3.8, 4) is 0 Å². The fourth-order valence-electron chi connectivity index (χ4n) is 4.25. The zero-order chi connectivity index (χ0) is 20.1. The maximum absolute atomic E-state index is 12.9. The molecule has 1 unspecified atom stereocenters. The Morgan fingerprint density at radius 2 is 1.52 bits per heavy atom. The molecule has 2 heterocycles. The Labute approximate surface area is 172 Å². The molecule has 2 aliphatic heterocycles. The van der Waals surface area contributed by atoms with Crippen molar-refractivity contribution in [1.82, 2.24) is 14.8 Å². The molecule has 0 spiro atoms. The predicted molar refractivity (Wildman–Crippen MR) is 113 cm³/mol. The molecule has 0 bridgehead atoms. The highest BCUT2D eigenvalue weighted by atomic mass is 16.2. The highest BCUT2D eigenvalue weighted by Gasteiger charge is 2.38. The lowest BCUT2D eigenvalue weighted by molar-refractivity contribution is -0.128. The molecule has 152 valence electrons. The normalized spacial score (nSPS) is 20.3. The molecule has 2 fully saturated rings. The van der Waals surface area contributed by atoms with Crippen molar-refractivity contribution < 1.29 is 9.59 Å². The van der Waals surface area contributed by atoms with Crippen LogP contribution in [0.25, 0.3) is 0 Å². The molecule has 2 aromatic rings. The molecule has 0 N–H and O–H groups in total. The number of para-hydroxylation sites is 1. The van der Waals surface area contributed by atoms with Crippen molar-refractivity contribution in [1.29, 1.82) is 0 Å². The highest BCUT2D eigenvalue weighted by Crippen LogP contribution is 2.37. The van der Waals surface area contributed by atoms with E-state index < -0.39 is 0 Å². The summed E-state index contributed by atoms with van der Waals surface area (Å²) in [6.07, 6.45) is 2.34. The Morgan fingerprint density at radius 1 is 0.862 bits per heavy atom. The summed E-state index contributed by atoms with van der Waals surface area (Å²) in [6, 6.07) is 20.5. The molecule has 0 radical (unpaired) electrons. The summed E-state index contributed by atoms with van der Waals surface area (Å²) in [7, 11) is 0. The van der Waals surface area contributed by atoms with Crippen molar-refractivity contribution >= 4 is 18.0 Å².